The lowest BCUT2D eigenvalue weighted by atomic mass is 9.97. The molecule has 1 amide bonds. The summed E-state index contributed by atoms with van der Waals surface area (Å²) < 4.78 is 18.1. The molecule has 1 heterocycles. The third-order valence-electron chi connectivity index (χ3n) is 4.29. The number of carbonyl (C=O) groups excluding carboxylic acids is 1. The second-order valence-electron chi connectivity index (χ2n) is 6.23. The number of nitrogens with zero attached hydrogens (tertiary/aromatic N) is 2. The van der Waals surface area contributed by atoms with E-state index in [9.17, 15) is 9.18 Å². The zero-order chi connectivity index (χ0) is 17.5. The van der Waals surface area contributed by atoms with Crippen molar-refractivity contribution in [3.05, 3.63) is 47.6 Å². The highest BCUT2D eigenvalue weighted by Gasteiger charge is 2.11. The van der Waals surface area contributed by atoms with Gasteiger partial charge >= 0.3 is 0 Å². The molecule has 0 spiro atoms. The van der Waals surface area contributed by atoms with Crippen LogP contribution >= 0.6 is 0 Å². The third-order valence-corrected chi connectivity index (χ3v) is 4.29. The van der Waals surface area contributed by atoms with Crippen molar-refractivity contribution in [1.82, 2.24) is 15.5 Å². The minimum absolute atomic E-state index is 0.0158. The molecule has 1 N–H and O–H groups in total. The zero-order valence-corrected chi connectivity index (χ0v) is 14.1. The van der Waals surface area contributed by atoms with Gasteiger partial charge in [-0.05, 0) is 56.4 Å². The van der Waals surface area contributed by atoms with Crippen LogP contribution in [0.2, 0.25) is 0 Å². The molecule has 5 nitrogen and oxygen atoms in total. The molecule has 0 atom stereocenters. The Bertz CT molecular complexity index is 737. The quantitative estimate of drug-likeness (QED) is 0.776. The van der Waals surface area contributed by atoms with E-state index < -0.39 is 0 Å². The number of aromatic nitrogens is 2. The van der Waals surface area contributed by atoms with Gasteiger partial charge in [0.15, 0.2) is 0 Å². The van der Waals surface area contributed by atoms with Gasteiger partial charge in [0.2, 0.25) is 17.6 Å². The monoisotopic (exact) mass is 343 g/mol. The van der Waals surface area contributed by atoms with Crippen molar-refractivity contribution >= 4 is 5.91 Å². The standard InChI is InChI=1S/C19H22FN3O2/c20-16-8-6-15(7-9-16)19-22-18(25-23-19)11-10-17(24)21-13-12-14-4-2-1-3-5-14/h4,6-9H,1-3,5,10-13H2,(H,21,24). The molecule has 2 aromatic rings. The van der Waals surface area contributed by atoms with Crippen LogP contribution in [0, 0.1) is 5.82 Å². The lowest BCUT2D eigenvalue weighted by Gasteiger charge is -2.12. The maximum Gasteiger partial charge on any atom is 0.227 e. The van der Waals surface area contributed by atoms with Crippen molar-refractivity contribution in [2.24, 2.45) is 0 Å². The molecule has 0 aliphatic heterocycles. The minimum atomic E-state index is -0.312. The van der Waals surface area contributed by atoms with Crippen LogP contribution in [0.3, 0.4) is 0 Å². The Labute approximate surface area is 146 Å². The van der Waals surface area contributed by atoms with Crippen molar-refractivity contribution in [2.75, 3.05) is 6.54 Å². The van der Waals surface area contributed by atoms with E-state index in [0.717, 1.165) is 19.3 Å². The first-order valence-electron chi connectivity index (χ1n) is 8.74. The Kier molecular flexibility index (Phi) is 5.93. The summed E-state index contributed by atoms with van der Waals surface area (Å²) in [5.41, 5.74) is 2.13. The maximum atomic E-state index is 12.9. The van der Waals surface area contributed by atoms with Crippen molar-refractivity contribution in [1.29, 1.82) is 0 Å². The van der Waals surface area contributed by atoms with E-state index in [1.165, 1.54) is 30.5 Å². The van der Waals surface area contributed by atoms with E-state index in [2.05, 4.69) is 21.5 Å². The van der Waals surface area contributed by atoms with Crippen LogP contribution in [0.25, 0.3) is 11.4 Å². The summed E-state index contributed by atoms with van der Waals surface area (Å²) in [6.07, 6.45) is 8.78. The molecular weight excluding hydrogens is 321 g/mol. The lowest BCUT2D eigenvalue weighted by molar-refractivity contribution is -0.121. The summed E-state index contributed by atoms with van der Waals surface area (Å²) in [6, 6.07) is 5.88. The summed E-state index contributed by atoms with van der Waals surface area (Å²) in [5, 5.41) is 6.80. The molecule has 132 valence electrons. The molecule has 0 bridgehead atoms. The van der Waals surface area contributed by atoms with Crippen molar-refractivity contribution in [2.45, 2.75) is 44.9 Å². The number of allylic oxidation sites excluding steroid dienone is 1. The fourth-order valence-electron chi connectivity index (χ4n) is 2.88. The Balaban J connectivity index is 1.41. The summed E-state index contributed by atoms with van der Waals surface area (Å²) in [7, 11) is 0. The van der Waals surface area contributed by atoms with Gasteiger partial charge in [-0.25, -0.2) is 4.39 Å². The van der Waals surface area contributed by atoms with E-state index in [0.29, 0.717) is 36.7 Å². The molecule has 1 aromatic heterocycles. The van der Waals surface area contributed by atoms with Crippen LogP contribution in [0.4, 0.5) is 4.39 Å². The average Bonchev–Trinajstić information content (AvgIpc) is 3.10. The van der Waals surface area contributed by atoms with E-state index in [1.807, 2.05) is 0 Å². The van der Waals surface area contributed by atoms with Crippen molar-refractivity contribution in [3.63, 3.8) is 0 Å². The van der Waals surface area contributed by atoms with E-state index >= 15 is 0 Å². The first kappa shape index (κ1) is 17.3. The number of aryl methyl sites for hydroxylation is 1. The van der Waals surface area contributed by atoms with Gasteiger partial charge in [-0.1, -0.05) is 16.8 Å². The fraction of sp³-hybridized carbons (Fsp3) is 0.421. The Morgan fingerprint density at radius 3 is 2.80 bits per heavy atom. The number of carbonyl (C=O) groups is 1. The molecule has 3 rings (SSSR count). The molecule has 0 saturated heterocycles. The number of amides is 1. The molecule has 0 radical (unpaired) electrons. The molecule has 25 heavy (non-hydrogen) atoms. The topological polar surface area (TPSA) is 68.0 Å². The molecule has 1 aliphatic rings. The molecule has 0 fully saturated rings. The second kappa shape index (κ2) is 8.55. The van der Waals surface area contributed by atoms with Gasteiger partial charge in [0.05, 0.1) is 0 Å². The van der Waals surface area contributed by atoms with Gasteiger partial charge in [0, 0.05) is 24.9 Å². The lowest BCUT2D eigenvalue weighted by Crippen LogP contribution is -2.25. The summed E-state index contributed by atoms with van der Waals surface area (Å²) >= 11 is 0. The number of hydrogen-bond donors (Lipinski definition) is 1. The van der Waals surface area contributed by atoms with E-state index in [1.54, 1.807) is 12.1 Å². The average molecular weight is 343 g/mol. The number of nitrogens with one attached hydrogen (secondary N) is 1. The predicted molar refractivity (Wildman–Crippen MR) is 92.2 cm³/mol. The molecule has 0 unspecified atom stereocenters. The minimum Gasteiger partial charge on any atom is -0.356 e. The SMILES string of the molecule is O=C(CCc1nc(-c2ccc(F)cc2)no1)NCCC1=CCCCC1. The van der Waals surface area contributed by atoms with Gasteiger partial charge in [0.1, 0.15) is 5.82 Å². The Morgan fingerprint density at radius 1 is 1.20 bits per heavy atom. The second-order valence-corrected chi connectivity index (χ2v) is 6.23. The number of benzene rings is 1. The largest absolute Gasteiger partial charge is 0.356 e. The summed E-state index contributed by atoms with van der Waals surface area (Å²) in [6.45, 7) is 0.676. The highest BCUT2D eigenvalue weighted by molar-refractivity contribution is 5.76. The number of halogens is 1. The molecule has 0 saturated carbocycles. The van der Waals surface area contributed by atoms with Crippen LogP contribution < -0.4 is 5.32 Å². The predicted octanol–water partition coefficient (Wildman–Crippen LogP) is 3.82. The molecular formula is C19H22FN3O2. The van der Waals surface area contributed by atoms with Crippen LogP contribution in [-0.4, -0.2) is 22.6 Å². The van der Waals surface area contributed by atoms with E-state index in [4.69, 9.17) is 4.52 Å². The normalized spacial score (nSPS) is 14.2. The number of rotatable bonds is 7. The zero-order valence-electron chi connectivity index (χ0n) is 14.1. The first-order chi connectivity index (χ1) is 12.2. The van der Waals surface area contributed by atoms with Gasteiger partial charge in [-0.15, -0.1) is 0 Å². The van der Waals surface area contributed by atoms with Crippen molar-refractivity contribution < 1.29 is 13.7 Å². The molecule has 1 aliphatic carbocycles. The first-order valence-corrected chi connectivity index (χ1v) is 8.74. The molecule has 6 heteroatoms. The smallest absolute Gasteiger partial charge is 0.227 e. The summed E-state index contributed by atoms with van der Waals surface area (Å²) in [5.74, 6) is 0.482. The van der Waals surface area contributed by atoms with Gasteiger partial charge in [0.25, 0.3) is 0 Å². The maximum absolute atomic E-state index is 12.9. The summed E-state index contributed by atoms with van der Waals surface area (Å²) in [4.78, 5) is 16.2. The molecule has 1 aromatic carbocycles. The van der Waals surface area contributed by atoms with Crippen LogP contribution in [0.1, 0.15) is 44.4 Å². The Morgan fingerprint density at radius 2 is 2.04 bits per heavy atom. The fourth-order valence-corrected chi connectivity index (χ4v) is 2.88. The van der Waals surface area contributed by atoms with Gasteiger partial charge in [-0.3, -0.25) is 4.79 Å². The van der Waals surface area contributed by atoms with Gasteiger partial charge in [-0.2, -0.15) is 4.98 Å². The highest BCUT2D eigenvalue weighted by atomic mass is 19.1. The van der Waals surface area contributed by atoms with Gasteiger partial charge < -0.3 is 9.84 Å². The van der Waals surface area contributed by atoms with E-state index in [-0.39, 0.29) is 11.7 Å². The van der Waals surface area contributed by atoms with Crippen LogP contribution in [-0.2, 0) is 11.2 Å². The number of hydrogen-bond acceptors (Lipinski definition) is 4. The van der Waals surface area contributed by atoms with Crippen molar-refractivity contribution in [3.8, 4) is 11.4 Å². The van der Waals surface area contributed by atoms with Crippen LogP contribution in [0.15, 0.2) is 40.4 Å². The van der Waals surface area contributed by atoms with Crippen LogP contribution in [0.5, 0.6) is 0 Å². The highest BCUT2D eigenvalue weighted by Crippen LogP contribution is 2.19. The Hall–Kier alpha value is -2.50. The third kappa shape index (κ3) is 5.24.